The van der Waals surface area contributed by atoms with Gasteiger partial charge in [-0.1, -0.05) is 0 Å². The van der Waals surface area contributed by atoms with Gasteiger partial charge in [0.2, 0.25) is 0 Å². The molecular formula is C9H5F3OS. The van der Waals surface area contributed by atoms with Crippen LogP contribution in [0.3, 0.4) is 0 Å². The van der Waals surface area contributed by atoms with Gasteiger partial charge in [-0.15, -0.1) is 11.3 Å². The summed E-state index contributed by atoms with van der Waals surface area (Å²) >= 11 is 0.913. The van der Waals surface area contributed by atoms with Crippen molar-refractivity contribution in [3.8, 4) is 5.75 Å². The first kappa shape index (κ1) is 9.33. The van der Waals surface area contributed by atoms with E-state index >= 15 is 0 Å². The molecule has 74 valence electrons. The lowest BCUT2D eigenvalue weighted by Crippen LogP contribution is -1.89. The number of hydrogen-bond donors (Lipinski definition) is 1. The van der Waals surface area contributed by atoms with Gasteiger partial charge in [0.1, 0.15) is 11.6 Å². The van der Waals surface area contributed by atoms with Gasteiger partial charge in [-0.2, -0.15) is 0 Å². The number of alkyl halides is 2. The summed E-state index contributed by atoms with van der Waals surface area (Å²) in [6.07, 6.45) is -2.86. The van der Waals surface area contributed by atoms with E-state index in [4.69, 9.17) is 0 Å². The lowest BCUT2D eigenvalue weighted by Gasteiger charge is -2.02. The molecule has 2 aromatic rings. The summed E-state index contributed by atoms with van der Waals surface area (Å²) in [6.45, 7) is 0. The number of halogens is 3. The van der Waals surface area contributed by atoms with Crippen molar-refractivity contribution in [3.63, 3.8) is 0 Å². The van der Waals surface area contributed by atoms with Gasteiger partial charge in [0, 0.05) is 15.5 Å². The highest BCUT2D eigenvalue weighted by Crippen LogP contribution is 2.38. The van der Waals surface area contributed by atoms with Gasteiger partial charge in [0.25, 0.3) is 6.43 Å². The maximum Gasteiger partial charge on any atom is 0.268 e. The molecule has 2 rings (SSSR count). The Labute approximate surface area is 81.4 Å². The van der Waals surface area contributed by atoms with Crippen LogP contribution in [0.2, 0.25) is 0 Å². The topological polar surface area (TPSA) is 20.2 Å². The number of fused-ring (bicyclic) bond motifs is 1. The van der Waals surface area contributed by atoms with Crippen molar-refractivity contribution < 1.29 is 18.3 Å². The molecule has 14 heavy (non-hydrogen) atoms. The molecule has 5 heteroatoms. The van der Waals surface area contributed by atoms with Crippen molar-refractivity contribution in [1.29, 1.82) is 0 Å². The minimum Gasteiger partial charge on any atom is -0.506 e. The number of rotatable bonds is 1. The first-order valence-electron chi connectivity index (χ1n) is 3.78. The Morgan fingerprint density at radius 2 is 2.00 bits per heavy atom. The Kier molecular flexibility index (Phi) is 2.11. The first-order chi connectivity index (χ1) is 6.61. The zero-order valence-corrected chi connectivity index (χ0v) is 7.62. The van der Waals surface area contributed by atoms with Gasteiger partial charge >= 0.3 is 0 Å². The Bertz CT molecular complexity index is 478. The van der Waals surface area contributed by atoms with E-state index in [1.165, 1.54) is 11.4 Å². The summed E-state index contributed by atoms with van der Waals surface area (Å²) in [4.78, 5) is 0. The van der Waals surface area contributed by atoms with Crippen molar-refractivity contribution in [3.05, 3.63) is 28.9 Å². The van der Waals surface area contributed by atoms with Crippen LogP contribution in [-0.2, 0) is 0 Å². The van der Waals surface area contributed by atoms with Crippen LogP contribution in [0.4, 0.5) is 13.2 Å². The third-order valence-corrected chi connectivity index (χ3v) is 2.94. The first-order valence-corrected chi connectivity index (χ1v) is 4.66. The third-order valence-electron chi connectivity index (χ3n) is 1.93. The summed E-state index contributed by atoms with van der Waals surface area (Å²) in [5, 5.41) is 10.8. The van der Waals surface area contributed by atoms with Crippen molar-refractivity contribution >= 4 is 21.4 Å². The molecule has 0 bridgehead atoms. The summed E-state index contributed by atoms with van der Waals surface area (Å²) in [7, 11) is 0. The molecule has 1 aromatic carbocycles. The van der Waals surface area contributed by atoms with Crippen molar-refractivity contribution in [2.75, 3.05) is 0 Å². The molecule has 0 aliphatic heterocycles. The van der Waals surface area contributed by atoms with E-state index in [1.807, 2.05) is 0 Å². The molecule has 1 heterocycles. The van der Waals surface area contributed by atoms with Crippen LogP contribution < -0.4 is 0 Å². The van der Waals surface area contributed by atoms with Gasteiger partial charge in [-0.3, -0.25) is 0 Å². The van der Waals surface area contributed by atoms with E-state index in [0.29, 0.717) is 0 Å². The summed E-state index contributed by atoms with van der Waals surface area (Å²) in [5.74, 6) is -1.03. The molecule has 1 N–H and O–H groups in total. The fourth-order valence-electron chi connectivity index (χ4n) is 1.29. The molecule has 1 aromatic heterocycles. The molecule has 0 spiro atoms. The fourth-order valence-corrected chi connectivity index (χ4v) is 2.26. The van der Waals surface area contributed by atoms with E-state index in [0.717, 1.165) is 17.4 Å². The van der Waals surface area contributed by atoms with Crippen LogP contribution in [0.25, 0.3) is 10.1 Å². The zero-order chi connectivity index (χ0) is 10.3. The van der Waals surface area contributed by atoms with Crippen LogP contribution >= 0.6 is 11.3 Å². The molecule has 0 saturated carbocycles. The van der Waals surface area contributed by atoms with Crippen LogP contribution in [0.1, 0.15) is 12.0 Å². The predicted molar refractivity (Wildman–Crippen MR) is 48.4 cm³/mol. The maximum atomic E-state index is 13.0. The molecule has 0 amide bonds. The smallest absolute Gasteiger partial charge is 0.268 e. The average molecular weight is 218 g/mol. The number of aromatic hydroxyl groups is 1. The normalized spacial score (nSPS) is 11.4. The minimum atomic E-state index is -2.86. The third kappa shape index (κ3) is 1.24. The number of hydrogen-bond acceptors (Lipinski definition) is 2. The fraction of sp³-hybridized carbons (Fsp3) is 0.111. The Morgan fingerprint density at radius 3 is 2.64 bits per heavy atom. The van der Waals surface area contributed by atoms with E-state index in [1.54, 1.807) is 0 Å². The Hall–Kier alpha value is -1.23. The second-order valence-electron chi connectivity index (χ2n) is 2.76. The van der Waals surface area contributed by atoms with Gasteiger partial charge in [0.05, 0.1) is 5.56 Å². The van der Waals surface area contributed by atoms with E-state index in [2.05, 4.69) is 0 Å². The Morgan fingerprint density at radius 1 is 1.29 bits per heavy atom. The zero-order valence-electron chi connectivity index (χ0n) is 6.80. The summed E-state index contributed by atoms with van der Waals surface area (Å²) in [5.41, 5.74) is -0.632. The highest BCUT2D eigenvalue weighted by atomic mass is 32.1. The number of thiophene rings is 1. The van der Waals surface area contributed by atoms with E-state index in [-0.39, 0.29) is 15.8 Å². The van der Waals surface area contributed by atoms with Gasteiger partial charge in [0.15, 0.2) is 0 Å². The summed E-state index contributed by atoms with van der Waals surface area (Å²) < 4.78 is 38.0. The molecule has 0 aliphatic carbocycles. The minimum absolute atomic E-state index is 0.0908. The highest BCUT2D eigenvalue weighted by molar-refractivity contribution is 7.17. The largest absolute Gasteiger partial charge is 0.506 e. The van der Waals surface area contributed by atoms with E-state index < -0.39 is 17.8 Å². The lowest BCUT2D eigenvalue weighted by molar-refractivity contribution is 0.148. The SMILES string of the molecule is Oc1csc2c(C(F)F)c(F)ccc12. The molecule has 0 atom stereocenters. The van der Waals surface area contributed by atoms with Crippen LogP contribution in [0.15, 0.2) is 17.5 Å². The van der Waals surface area contributed by atoms with Crippen molar-refractivity contribution in [1.82, 2.24) is 0 Å². The lowest BCUT2D eigenvalue weighted by atomic mass is 10.1. The second-order valence-corrected chi connectivity index (χ2v) is 3.64. The average Bonchev–Trinajstić information content (AvgIpc) is 2.47. The van der Waals surface area contributed by atoms with Crippen LogP contribution in [0.5, 0.6) is 5.75 Å². The van der Waals surface area contributed by atoms with Gasteiger partial charge in [-0.25, -0.2) is 13.2 Å². The predicted octanol–water partition coefficient (Wildman–Crippen LogP) is 3.68. The Balaban J connectivity index is 2.83. The van der Waals surface area contributed by atoms with Gasteiger partial charge < -0.3 is 5.11 Å². The monoisotopic (exact) mass is 218 g/mol. The standard InChI is InChI=1S/C9H5F3OS/c10-5-2-1-4-6(13)3-14-8(4)7(5)9(11)12/h1-3,9,13H. The molecular weight excluding hydrogens is 213 g/mol. The molecule has 0 unspecified atom stereocenters. The van der Waals surface area contributed by atoms with Crippen LogP contribution in [0, 0.1) is 5.82 Å². The maximum absolute atomic E-state index is 13.0. The van der Waals surface area contributed by atoms with E-state index in [9.17, 15) is 18.3 Å². The van der Waals surface area contributed by atoms with Crippen molar-refractivity contribution in [2.45, 2.75) is 6.43 Å². The van der Waals surface area contributed by atoms with Gasteiger partial charge in [-0.05, 0) is 12.1 Å². The van der Waals surface area contributed by atoms with Crippen LogP contribution in [-0.4, -0.2) is 5.11 Å². The highest BCUT2D eigenvalue weighted by Gasteiger charge is 2.19. The number of benzene rings is 1. The molecule has 0 aliphatic rings. The quantitative estimate of drug-likeness (QED) is 0.774. The molecule has 0 fully saturated rings. The van der Waals surface area contributed by atoms with Crippen molar-refractivity contribution in [2.24, 2.45) is 0 Å². The second kappa shape index (κ2) is 3.16. The molecule has 0 saturated heterocycles. The molecule has 1 nitrogen and oxygen atoms in total. The summed E-state index contributed by atoms with van der Waals surface area (Å²) in [6, 6.07) is 2.23. The molecule has 0 radical (unpaired) electrons.